The molecule has 1 aromatic heterocycles. The molecule has 0 saturated carbocycles. The largest absolute Gasteiger partial charge is 0.416 e. The number of benzene rings is 1. The van der Waals surface area contributed by atoms with E-state index in [0.717, 1.165) is 18.2 Å². The van der Waals surface area contributed by atoms with Crippen LogP contribution in [0.1, 0.15) is 5.56 Å². The molecular weight excluding hydrogens is 363 g/mol. The molecule has 2 rings (SSSR count). The van der Waals surface area contributed by atoms with Crippen molar-refractivity contribution in [2.45, 2.75) is 11.1 Å². The predicted octanol–water partition coefficient (Wildman–Crippen LogP) is 2.99. The first-order valence-electron chi connectivity index (χ1n) is 5.09. The quantitative estimate of drug-likeness (QED) is 0.873. The number of hydrogen-bond acceptors (Lipinski definition) is 3. The number of anilines is 1. The topological polar surface area (TPSA) is 74.8 Å². The predicted molar refractivity (Wildman–Crippen MR) is 68.5 cm³/mol. The minimum Gasteiger partial charge on any atom is -0.263 e. The van der Waals surface area contributed by atoms with Crippen LogP contribution >= 0.6 is 15.9 Å². The van der Waals surface area contributed by atoms with Gasteiger partial charge in [-0.3, -0.25) is 9.82 Å². The van der Waals surface area contributed by atoms with E-state index in [2.05, 4.69) is 30.8 Å². The van der Waals surface area contributed by atoms with Crippen LogP contribution in [0.15, 0.2) is 39.8 Å². The smallest absolute Gasteiger partial charge is 0.263 e. The summed E-state index contributed by atoms with van der Waals surface area (Å²) in [6.45, 7) is 0. The first-order chi connectivity index (χ1) is 9.20. The minimum absolute atomic E-state index is 0.0300. The molecule has 0 radical (unpaired) electrons. The Hall–Kier alpha value is -1.55. The fraction of sp³-hybridized carbons (Fsp3) is 0.100. The van der Waals surface area contributed by atoms with E-state index in [-0.39, 0.29) is 5.82 Å². The minimum atomic E-state index is -4.61. The summed E-state index contributed by atoms with van der Waals surface area (Å²) in [5.74, 6) is 0.0300. The van der Waals surface area contributed by atoms with Crippen LogP contribution in [0.25, 0.3) is 0 Å². The third-order valence-corrected chi connectivity index (χ3v) is 4.25. The molecule has 2 N–H and O–H groups in total. The molecule has 0 bridgehead atoms. The average Bonchev–Trinajstić information content (AvgIpc) is 2.73. The van der Waals surface area contributed by atoms with Crippen LogP contribution in [-0.2, 0) is 16.2 Å². The van der Waals surface area contributed by atoms with E-state index in [1.165, 1.54) is 6.20 Å². The maximum atomic E-state index is 12.6. The number of hydrogen-bond donors (Lipinski definition) is 2. The van der Waals surface area contributed by atoms with Gasteiger partial charge in [-0.2, -0.15) is 18.3 Å². The molecule has 0 unspecified atom stereocenters. The lowest BCUT2D eigenvalue weighted by Crippen LogP contribution is -2.15. The molecule has 108 valence electrons. The van der Waals surface area contributed by atoms with Crippen LogP contribution in [0, 0.1) is 0 Å². The molecule has 20 heavy (non-hydrogen) atoms. The molecule has 5 nitrogen and oxygen atoms in total. The van der Waals surface area contributed by atoms with Gasteiger partial charge in [-0.1, -0.05) is 6.07 Å². The number of alkyl halides is 3. The van der Waals surface area contributed by atoms with Crippen molar-refractivity contribution >= 4 is 31.8 Å². The number of H-pyrrole nitrogens is 1. The summed E-state index contributed by atoms with van der Waals surface area (Å²) in [5.41, 5.74) is -1.04. The molecule has 0 saturated heterocycles. The molecule has 0 aliphatic rings. The molecule has 0 fully saturated rings. The Kier molecular flexibility index (Phi) is 3.78. The standard InChI is InChI=1S/C10H7BrF3N3O2S/c11-8-5-15-16-9(8)17-20(18,19)7-3-1-2-6(4-7)10(12,13)14/h1-5H,(H2,15,16,17). The summed E-state index contributed by atoms with van der Waals surface area (Å²) in [6, 6.07) is 3.46. The second kappa shape index (κ2) is 5.09. The van der Waals surface area contributed by atoms with Gasteiger partial charge in [0.2, 0.25) is 0 Å². The van der Waals surface area contributed by atoms with Gasteiger partial charge in [0.05, 0.1) is 21.1 Å². The van der Waals surface area contributed by atoms with Crippen LogP contribution in [0.3, 0.4) is 0 Å². The molecule has 0 atom stereocenters. The molecular formula is C10H7BrF3N3O2S. The fourth-order valence-corrected chi connectivity index (χ4v) is 2.88. The van der Waals surface area contributed by atoms with Crippen LogP contribution in [0.2, 0.25) is 0 Å². The maximum absolute atomic E-state index is 12.6. The molecule has 0 amide bonds. The molecule has 10 heteroatoms. The second-order valence-corrected chi connectivity index (χ2v) is 6.26. The van der Waals surface area contributed by atoms with Gasteiger partial charge in [0.25, 0.3) is 10.0 Å². The number of aromatic nitrogens is 2. The van der Waals surface area contributed by atoms with Gasteiger partial charge in [0, 0.05) is 0 Å². The molecule has 1 heterocycles. The maximum Gasteiger partial charge on any atom is 0.416 e. The zero-order chi connectivity index (χ0) is 15.0. The van der Waals surface area contributed by atoms with Crippen molar-refractivity contribution in [3.8, 4) is 0 Å². The lowest BCUT2D eigenvalue weighted by atomic mass is 10.2. The Balaban J connectivity index is 2.38. The number of sulfonamides is 1. The Morgan fingerprint density at radius 2 is 2.00 bits per heavy atom. The van der Waals surface area contributed by atoms with Crippen molar-refractivity contribution in [2.75, 3.05) is 4.72 Å². The van der Waals surface area contributed by atoms with Crippen LogP contribution in [0.5, 0.6) is 0 Å². The number of nitrogens with zero attached hydrogens (tertiary/aromatic N) is 1. The summed E-state index contributed by atoms with van der Waals surface area (Å²) in [6.07, 6.45) is -3.30. The summed E-state index contributed by atoms with van der Waals surface area (Å²) in [5, 5.41) is 5.94. The van der Waals surface area contributed by atoms with Gasteiger partial charge in [0.1, 0.15) is 5.82 Å². The van der Waals surface area contributed by atoms with Gasteiger partial charge in [-0.15, -0.1) is 0 Å². The Morgan fingerprint density at radius 1 is 1.30 bits per heavy atom. The Labute approximate surface area is 120 Å². The summed E-state index contributed by atoms with van der Waals surface area (Å²) in [4.78, 5) is -0.492. The lowest BCUT2D eigenvalue weighted by molar-refractivity contribution is -0.137. The van der Waals surface area contributed by atoms with E-state index in [0.29, 0.717) is 10.5 Å². The summed E-state index contributed by atoms with van der Waals surface area (Å²) >= 11 is 3.04. The van der Waals surface area contributed by atoms with Crippen molar-refractivity contribution in [2.24, 2.45) is 0 Å². The number of halogens is 4. The third-order valence-electron chi connectivity index (χ3n) is 2.30. The number of rotatable bonds is 3. The van der Waals surface area contributed by atoms with Crippen LogP contribution in [0.4, 0.5) is 19.0 Å². The highest BCUT2D eigenvalue weighted by Crippen LogP contribution is 2.31. The number of aromatic amines is 1. The van der Waals surface area contributed by atoms with Crippen LogP contribution < -0.4 is 4.72 Å². The zero-order valence-corrected chi connectivity index (χ0v) is 12.0. The monoisotopic (exact) mass is 369 g/mol. The highest BCUT2D eigenvalue weighted by molar-refractivity contribution is 9.10. The van der Waals surface area contributed by atoms with E-state index in [4.69, 9.17) is 0 Å². The van der Waals surface area contributed by atoms with E-state index < -0.39 is 26.7 Å². The molecule has 0 aliphatic carbocycles. The molecule has 1 aromatic carbocycles. The van der Waals surface area contributed by atoms with Gasteiger partial charge >= 0.3 is 6.18 Å². The van der Waals surface area contributed by atoms with E-state index >= 15 is 0 Å². The molecule has 2 aromatic rings. The molecule has 0 spiro atoms. The highest BCUT2D eigenvalue weighted by atomic mass is 79.9. The first kappa shape index (κ1) is 14.9. The van der Waals surface area contributed by atoms with Crippen molar-refractivity contribution in [3.63, 3.8) is 0 Å². The van der Waals surface area contributed by atoms with Crippen molar-refractivity contribution in [1.29, 1.82) is 0 Å². The summed E-state index contributed by atoms with van der Waals surface area (Å²) in [7, 11) is -4.14. The second-order valence-electron chi connectivity index (χ2n) is 3.72. The van der Waals surface area contributed by atoms with Crippen molar-refractivity contribution < 1.29 is 21.6 Å². The fourth-order valence-electron chi connectivity index (χ4n) is 1.38. The van der Waals surface area contributed by atoms with Crippen molar-refractivity contribution in [1.82, 2.24) is 10.2 Å². The molecule has 0 aliphatic heterocycles. The van der Waals surface area contributed by atoms with Gasteiger partial charge in [-0.05, 0) is 34.1 Å². The van der Waals surface area contributed by atoms with Gasteiger partial charge in [0.15, 0.2) is 0 Å². The van der Waals surface area contributed by atoms with Crippen LogP contribution in [-0.4, -0.2) is 18.6 Å². The highest BCUT2D eigenvalue weighted by Gasteiger charge is 2.31. The average molecular weight is 370 g/mol. The van der Waals surface area contributed by atoms with E-state index in [1.807, 2.05) is 0 Å². The SMILES string of the molecule is O=S(=O)(Nc1[nH]ncc1Br)c1cccc(C(F)(F)F)c1. The third kappa shape index (κ3) is 3.12. The van der Waals surface area contributed by atoms with E-state index in [9.17, 15) is 21.6 Å². The van der Waals surface area contributed by atoms with E-state index in [1.54, 1.807) is 0 Å². The van der Waals surface area contributed by atoms with Gasteiger partial charge < -0.3 is 0 Å². The van der Waals surface area contributed by atoms with Crippen molar-refractivity contribution in [3.05, 3.63) is 40.5 Å². The first-order valence-corrected chi connectivity index (χ1v) is 7.37. The number of nitrogens with one attached hydrogen (secondary N) is 2. The van der Waals surface area contributed by atoms with Gasteiger partial charge in [-0.25, -0.2) is 8.42 Å². The lowest BCUT2D eigenvalue weighted by Gasteiger charge is -2.10. The normalized spacial score (nSPS) is 12.4. The Morgan fingerprint density at radius 3 is 2.55 bits per heavy atom. The Bertz CT molecular complexity index is 727. The zero-order valence-electron chi connectivity index (χ0n) is 9.57. The summed E-state index contributed by atoms with van der Waals surface area (Å²) < 4.78 is 64.1.